The summed E-state index contributed by atoms with van der Waals surface area (Å²) in [5, 5.41) is 10.9. The molecule has 5 heteroatoms. The second-order valence-electron chi connectivity index (χ2n) is 5.85. The van der Waals surface area contributed by atoms with E-state index in [9.17, 15) is 8.42 Å². The minimum absolute atomic E-state index is 0.143. The molecule has 1 aliphatic rings. The summed E-state index contributed by atoms with van der Waals surface area (Å²) in [6.07, 6.45) is 2.00. The number of nitrogens with one attached hydrogen (secondary N) is 1. The van der Waals surface area contributed by atoms with Gasteiger partial charge in [-0.15, -0.1) is 0 Å². The number of aryl methyl sites for hydroxylation is 2. The third-order valence-electron chi connectivity index (χ3n) is 4.41. The van der Waals surface area contributed by atoms with Gasteiger partial charge in [0.1, 0.15) is 0 Å². The van der Waals surface area contributed by atoms with Gasteiger partial charge in [0.05, 0.1) is 22.2 Å². The molecule has 0 spiro atoms. The van der Waals surface area contributed by atoms with Gasteiger partial charge in [0, 0.05) is 5.39 Å². The molecule has 0 radical (unpaired) electrons. The Balaban J connectivity index is 1.78. The molecular weight excluding hydrogens is 320 g/mol. The highest BCUT2D eigenvalue weighted by Crippen LogP contribution is 2.35. The van der Waals surface area contributed by atoms with Crippen LogP contribution in [0, 0.1) is 11.3 Å². The van der Waals surface area contributed by atoms with Crippen molar-refractivity contribution in [3.63, 3.8) is 0 Å². The number of nitriles is 1. The van der Waals surface area contributed by atoms with E-state index in [-0.39, 0.29) is 4.90 Å². The Kier molecular flexibility index (Phi) is 3.29. The van der Waals surface area contributed by atoms with Crippen molar-refractivity contribution in [3.05, 3.63) is 71.3 Å². The number of nitrogens with zero attached hydrogens (tertiary/aromatic N) is 1. The Labute approximate surface area is 140 Å². The molecule has 0 amide bonds. The van der Waals surface area contributed by atoms with E-state index in [2.05, 4.69) is 10.8 Å². The predicted octanol–water partition coefficient (Wildman–Crippen LogP) is 3.61. The molecule has 0 fully saturated rings. The molecule has 0 aliphatic heterocycles. The smallest absolute Gasteiger partial charge is 0.261 e. The van der Waals surface area contributed by atoms with E-state index in [1.807, 2.05) is 30.3 Å². The highest BCUT2D eigenvalue weighted by molar-refractivity contribution is 7.92. The quantitative estimate of drug-likeness (QED) is 0.795. The third kappa shape index (κ3) is 2.32. The second-order valence-corrected chi connectivity index (χ2v) is 7.54. The van der Waals surface area contributed by atoms with Crippen LogP contribution in [0.1, 0.15) is 16.7 Å². The minimum Gasteiger partial charge on any atom is -0.279 e. The van der Waals surface area contributed by atoms with Gasteiger partial charge in [-0.1, -0.05) is 24.3 Å². The first-order valence-corrected chi connectivity index (χ1v) is 9.13. The van der Waals surface area contributed by atoms with Gasteiger partial charge >= 0.3 is 0 Å². The molecule has 0 aromatic heterocycles. The zero-order valence-electron chi connectivity index (χ0n) is 12.8. The fourth-order valence-corrected chi connectivity index (χ4v) is 4.33. The van der Waals surface area contributed by atoms with Gasteiger partial charge in [-0.05, 0) is 59.7 Å². The molecular formula is C19H14N2O2S. The zero-order valence-corrected chi connectivity index (χ0v) is 13.6. The van der Waals surface area contributed by atoms with Crippen LogP contribution in [-0.4, -0.2) is 8.42 Å². The summed E-state index contributed by atoms with van der Waals surface area (Å²) < 4.78 is 28.0. The Hall–Kier alpha value is -2.84. The summed E-state index contributed by atoms with van der Waals surface area (Å²) in [6, 6.07) is 17.7. The Morgan fingerprint density at radius 1 is 0.917 bits per heavy atom. The highest BCUT2D eigenvalue weighted by Gasteiger charge is 2.19. The van der Waals surface area contributed by atoms with Gasteiger partial charge in [0.2, 0.25) is 0 Å². The largest absolute Gasteiger partial charge is 0.279 e. The first-order valence-electron chi connectivity index (χ1n) is 7.65. The average molecular weight is 334 g/mol. The Morgan fingerprint density at radius 2 is 1.62 bits per heavy atom. The van der Waals surface area contributed by atoms with Gasteiger partial charge in [0.25, 0.3) is 10.0 Å². The molecule has 0 unspecified atom stereocenters. The van der Waals surface area contributed by atoms with Crippen molar-refractivity contribution in [1.82, 2.24) is 0 Å². The van der Waals surface area contributed by atoms with E-state index in [0.717, 1.165) is 23.6 Å². The summed E-state index contributed by atoms with van der Waals surface area (Å²) in [5.41, 5.74) is 3.55. The van der Waals surface area contributed by atoms with Crippen LogP contribution >= 0.6 is 0 Å². The highest BCUT2D eigenvalue weighted by atomic mass is 32.2. The van der Waals surface area contributed by atoms with E-state index in [0.29, 0.717) is 11.3 Å². The lowest BCUT2D eigenvalue weighted by atomic mass is 10.0. The summed E-state index contributed by atoms with van der Waals surface area (Å²) in [7, 11) is -3.69. The lowest BCUT2D eigenvalue weighted by Crippen LogP contribution is -2.13. The molecule has 0 atom stereocenters. The van der Waals surface area contributed by atoms with Gasteiger partial charge in [-0.25, -0.2) is 8.42 Å². The molecule has 3 aromatic carbocycles. The van der Waals surface area contributed by atoms with Crippen molar-refractivity contribution >= 4 is 26.5 Å². The standard InChI is InChI=1S/C19H14N2O2S/c20-12-13-4-9-16(10-5-13)24(22,23)21-18-11-8-15-7-6-14-2-1-3-17(18)19(14)15/h1-5,8-11,21H,6-7H2. The van der Waals surface area contributed by atoms with Gasteiger partial charge in [0.15, 0.2) is 0 Å². The van der Waals surface area contributed by atoms with Crippen LogP contribution in [0.25, 0.3) is 10.8 Å². The van der Waals surface area contributed by atoms with Crippen molar-refractivity contribution in [1.29, 1.82) is 5.26 Å². The van der Waals surface area contributed by atoms with Crippen molar-refractivity contribution in [2.24, 2.45) is 0 Å². The summed E-state index contributed by atoms with van der Waals surface area (Å²) >= 11 is 0. The second kappa shape index (κ2) is 5.36. The summed E-state index contributed by atoms with van der Waals surface area (Å²) in [5.74, 6) is 0. The van der Waals surface area contributed by atoms with Crippen LogP contribution in [0.4, 0.5) is 5.69 Å². The SMILES string of the molecule is N#Cc1ccc(S(=O)(=O)Nc2ccc3c4c(cccc24)CC3)cc1. The minimum atomic E-state index is -3.69. The van der Waals surface area contributed by atoms with Crippen molar-refractivity contribution in [2.75, 3.05) is 4.72 Å². The fourth-order valence-electron chi connectivity index (χ4n) is 3.25. The number of anilines is 1. The van der Waals surface area contributed by atoms with Crippen molar-refractivity contribution in [3.8, 4) is 6.07 Å². The van der Waals surface area contributed by atoms with Crippen molar-refractivity contribution < 1.29 is 8.42 Å². The fraction of sp³-hybridized carbons (Fsp3) is 0.105. The summed E-state index contributed by atoms with van der Waals surface area (Å²) in [4.78, 5) is 0.143. The maximum absolute atomic E-state index is 12.6. The number of hydrogen-bond acceptors (Lipinski definition) is 3. The van der Waals surface area contributed by atoms with E-state index in [1.54, 1.807) is 0 Å². The molecule has 0 heterocycles. The van der Waals surface area contributed by atoms with E-state index >= 15 is 0 Å². The molecule has 118 valence electrons. The summed E-state index contributed by atoms with van der Waals surface area (Å²) in [6.45, 7) is 0. The van der Waals surface area contributed by atoms with E-state index in [1.165, 1.54) is 35.4 Å². The molecule has 24 heavy (non-hydrogen) atoms. The topological polar surface area (TPSA) is 70.0 Å². The third-order valence-corrected chi connectivity index (χ3v) is 5.80. The van der Waals surface area contributed by atoms with Crippen LogP contribution < -0.4 is 4.72 Å². The maximum atomic E-state index is 12.6. The first kappa shape index (κ1) is 14.7. The molecule has 1 N–H and O–H groups in total. The van der Waals surface area contributed by atoms with Gasteiger partial charge in [-0.2, -0.15) is 5.26 Å². The number of rotatable bonds is 3. The van der Waals surface area contributed by atoms with Gasteiger partial charge in [-0.3, -0.25) is 4.72 Å². The molecule has 3 aromatic rings. The maximum Gasteiger partial charge on any atom is 0.261 e. The number of benzene rings is 3. The Morgan fingerprint density at radius 3 is 2.33 bits per heavy atom. The van der Waals surface area contributed by atoms with Crippen LogP contribution in [-0.2, 0) is 22.9 Å². The first-order chi connectivity index (χ1) is 11.6. The van der Waals surface area contributed by atoms with Crippen LogP contribution in [0.15, 0.2) is 59.5 Å². The molecule has 4 rings (SSSR count). The molecule has 0 bridgehead atoms. The van der Waals surface area contributed by atoms with Crippen molar-refractivity contribution in [2.45, 2.75) is 17.7 Å². The zero-order chi connectivity index (χ0) is 16.7. The van der Waals surface area contributed by atoms with E-state index in [4.69, 9.17) is 5.26 Å². The van der Waals surface area contributed by atoms with Crippen LogP contribution in [0.2, 0.25) is 0 Å². The van der Waals surface area contributed by atoms with Crippen LogP contribution in [0.3, 0.4) is 0 Å². The molecule has 0 saturated heterocycles. The molecule has 0 saturated carbocycles. The van der Waals surface area contributed by atoms with Gasteiger partial charge < -0.3 is 0 Å². The molecule has 4 nitrogen and oxygen atoms in total. The number of hydrogen-bond donors (Lipinski definition) is 1. The lowest BCUT2D eigenvalue weighted by Gasteiger charge is -2.12. The van der Waals surface area contributed by atoms with Crippen LogP contribution in [0.5, 0.6) is 0 Å². The lowest BCUT2D eigenvalue weighted by molar-refractivity contribution is 0.601. The average Bonchev–Trinajstić information content (AvgIpc) is 3.02. The Bertz CT molecular complexity index is 1080. The number of sulfonamides is 1. The normalized spacial score (nSPS) is 13.0. The molecule has 1 aliphatic carbocycles. The predicted molar refractivity (Wildman–Crippen MR) is 93.3 cm³/mol. The van der Waals surface area contributed by atoms with E-state index < -0.39 is 10.0 Å². The monoisotopic (exact) mass is 334 g/mol.